The molecule has 0 bridgehead atoms. The predicted molar refractivity (Wildman–Crippen MR) is 126 cm³/mol. The molecule has 2 aliphatic rings. The second-order valence-corrected chi connectivity index (χ2v) is 9.32. The van der Waals surface area contributed by atoms with Crippen molar-refractivity contribution in [2.75, 3.05) is 50.5 Å². The quantitative estimate of drug-likeness (QED) is 0.502. The van der Waals surface area contributed by atoms with Crippen LogP contribution in [-0.2, 0) is 17.7 Å². The van der Waals surface area contributed by atoms with Crippen molar-refractivity contribution in [1.29, 1.82) is 0 Å². The van der Waals surface area contributed by atoms with Crippen LogP contribution in [0.15, 0.2) is 23.1 Å². The third-order valence-electron chi connectivity index (χ3n) is 5.60. The van der Waals surface area contributed by atoms with E-state index in [1.54, 1.807) is 28.0 Å². The van der Waals surface area contributed by atoms with E-state index in [9.17, 15) is 4.79 Å². The molecule has 0 spiro atoms. The van der Waals surface area contributed by atoms with Gasteiger partial charge in [0.05, 0.1) is 23.4 Å². The number of hydrogen-bond donors (Lipinski definition) is 0. The molecule has 0 N–H and O–H groups in total. The number of rotatable bonds is 6. The summed E-state index contributed by atoms with van der Waals surface area (Å²) in [6, 6.07) is 6.24. The lowest BCUT2D eigenvalue weighted by atomic mass is 10.3. The van der Waals surface area contributed by atoms with E-state index in [4.69, 9.17) is 9.72 Å². The smallest absolute Gasteiger partial charge is 0.298 e. The van der Waals surface area contributed by atoms with Gasteiger partial charge in [0.15, 0.2) is 5.13 Å². The molecule has 31 heavy (non-hydrogen) atoms. The van der Waals surface area contributed by atoms with Gasteiger partial charge in [-0.3, -0.25) is 14.6 Å². The summed E-state index contributed by atoms with van der Waals surface area (Å²) in [7, 11) is 0. The van der Waals surface area contributed by atoms with E-state index in [0.717, 1.165) is 73.4 Å². The van der Waals surface area contributed by atoms with Crippen LogP contribution < -0.4 is 4.90 Å². The third-order valence-corrected chi connectivity index (χ3v) is 7.37. The maximum Gasteiger partial charge on any atom is 0.298 e. The minimum Gasteiger partial charge on any atom is -0.379 e. The molecule has 3 aromatic rings. The number of hydrogen-bond acceptors (Lipinski definition) is 8. The molecular formula is C20H25ClN6O2S2. The molecule has 0 saturated carbocycles. The highest BCUT2D eigenvalue weighted by molar-refractivity contribution is 7.98. The van der Waals surface area contributed by atoms with Gasteiger partial charge < -0.3 is 9.30 Å². The van der Waals surface area contributed by atoms with Gasteiger partial charge in [0.1, 0.15) is 5.82 Å². The van der Waals surface area contributed by atoms with Gasteiger partial charge in [-0.1, -0.05) is 11.3 Å². The predicted octanol–water partition coefficient (Wildman–Crippen LogP) is 2.96. The monoisotopic (exact) mass is 480 g/mol. The van der Waals surface area contributed by atoms with Crippen molar-refractivity contribution in [3.8, 4) is 0 Å². The Balaban J connectivity index is 0.00000231. The van der Waals surface area contributed by atoms with Crippen molar-refractivity contribution in [3.05, 3.63) is 29.8 Å². The number of nitrogens with zero attached hydrogens (tertiary/aromatic N) is 6. The van der Waals surface area contributed by atoms with E-state index in [0.29, 0.717) is 12.4 Å². The van der Waals surface area contributed by atoms with Crippen LogP contribution in [0, 0.1) is 0 Å². The van der Waals surface area contributed by atoms with Crippen molar-refractivity contribution in [1.82, 2.24) is 24.6 Å². The Morgan fingerprint density at radius 1 is 1.26 bits per heavy atom. The number of carbonyl (C=O) groups excluding carboxylic acids is 1. The number of carbonyl (C=O) groups is 1. The summed E-state index contributed by atoms with van der Waals surface area (Å²) in [5.74, 6) is 1.21. The Kier molecular flexibility index (Phi) is 7.12. The normalized spacial score (nSPS) is 16.3. The fourth-order valence-corrected chi connectivity index (χ4v) is 5.46. The van der Waals surface area contributed by atoms with E-state index >= 15 is 0 Å². The number of morpholine rings is 1. The Morgan fingerprint density at radius 3 is 2.90 bits per heavy atom. The van der Waals surface area contributed by atoms with Gasteiger partial charge in [-0.25, -0.2) is 4.98 Å². The molecule has 1 aromatic carbocycles. The highest BCUT2D eigenvalue weighted by atomic mass is 35.5. The average molecular weight is 481 g/mol. The second-order valence-electron chi connectivity index (χ2n) is 7.44. The van der Waals surface area contributed by atoms with Crippen LogP contribution in [0.5, 0.6) is 0 Å². The molecule has 0 radical (unpaired) electrons. The first-order valence-electron chi connectivity index (χ1n) is 10.2. The van der Waals surface area contributed by atoms with Gasteiger partial charge in [-0.2, -0.15) is 0 Å². The second kappa shape index (κ2) is 9.83. The van der Waals surface area contributed by atoms with Crippen LogP contribution in [0.1, 0.15) is 22.9 Å². The van der Waals surface area contributed by atoms with Gasteiger partial charge in [0.2, 0.25) is 5.82 Å². The van der Waals surface area contributed by atoms with Crippen LogP contribution in [0.2, 0.25) is 0 Å². The van der Waals surface area contributed by atoms with Crippen molar-refractivity contribution >= 4 is 56.8 Å². The molecule has 5 rings (SSSR count). The first kappa shape index (κ1) is 22.5. The topological polar surface area (TPSA) is 76.4 Å². The van der Waals surface area contributed by atoms with Gasteiger partial charge >= 0.3 is 0 Å². The van der Waals surface area contributed by atoms with E-state index in [1.165, 1.54) is 4.90 Å². The van der Waals surface area contributed by atoms with E-state index in [2.05, 4.69) is 33.5 Å². The highest BCUT2D eigenvalue weighted by Gasteiger charge is 2.29. The molecule has 0 atom stereocenters. The molecule has 0 aliphatic carbocycles. The van der Waals surface area contributed by atoms with Gasteiger partial charge in [0, 0.05) is 44.0 Å². The zero-order valence-corrected chi connectivity index (χ0v) is 19.8. The fourth-order valence-electron chi connectivity index (χ4n) is 3.91. The zero-order valence-electron chi connectivity index (χ0n) is 17.3. The zero-order chi connectivity index (χ0) is 20.5. The molecular weight excluding hydrogens is 456 g/mol. The Morgan fingerprint density at radius 2 is 2.10 bits per heavy atom. The first-order chi connectivity index (χ1) is 14.7. The third kappa shape index (κ3) is 4.58. The maximum absolute atomic E-state index is 13.6. The van der Waals surface area contributed by atoms with Crippen LogP contribution in [0.4, 0.5) is 5.13 Å². The molecule has 4 heterocycles. The van der Waals surface area contributed by atoms with Crippen LogP contribution in [0.3, 0.4) is 0 Å². The summed E-state index contributed by atoms with van der Waals surface area (Å²) < 4.78 is 8.51. The minimum absolute atomic E-state index is 0. The number of amides is 1. The Hall–Kier alpha value is -1.72. The molecule has 2 aliphatic heterocycles. The SMILES string of the molecule is CSc1ccc2nc(N(CCN3CCOCC3)C(=O)c3nnc4n3CCC4)sc2c1.Cl. The Bertz CT molecular complexity index is 1070. The molecule has 0 unspecified atom stereocenters. The number of anilines is 1. The number of thiazole rings is 1. The number of fused-ring (bicyclic) bond motifs is 2. The summed E-state index contributed by atoms with van der Waals surface area (Å²) >= 11 is 3.27. The number of aryl methyl sites for hydroxylation is 1. The van der Waals surface area contributed by atoms with Crippen molar-refractivity contribution in [2.45, 2.75) is 24.3 Å². The highest BCUT2D eigenvalue weighted by Crippen LogP contribution is 2.32. The molecule has 1 saturated heterocycles. The first-order valence-corrected chi connectivity index (χ1v) is 12.3. The molecule has 1 amide bonds. The van der Waals surface area contributed by atoms with E-state index in [1.807, 2.05) is 10.6 Å². The lowest BCUT2D eigenvalue weighted by Crippen LogP contribution is -2.43. The van der Waals surface area contributed by atoms with Gasteiger partial charge in [0.25, 0.3) is 5.91 Å². The van der Waals surface area contributed by atoms with Crippen molar-refractivity contribution in [3.63, 3.8) is 0 Å². The number of ether oxygens (including phenoxy) is 1. The van der Waals surface area contributed by atoms with Crippen LogP contribution in [-0.4, -0.2) is 76.2 Å². The lowest BCUT2D eigenvalue weighted by molar-refractivity contribution is 0.0390. The number of benzene rings is 1. The number of aromatic nitrogens is 4. The molecule has 11 heteroatoms. The van der Waals surface area contributed by atoms with Crippen LogP contribution in [0.25, 0.3) is 10.2 Å². The molecule has 166 valence electrons. The standard InChI is InChI=1S/C20H24N6O2S2.ClH/c1-29-14-4-5-15-16(13-14)30-20(21-15)26(8-7-24-9-11-28-12-10-24)19(27)18-23-22-17-3-2-6-25(17)18;/h4-5,13H,2-3,6-12H2,1H3;1H. The summed E-state index contributed by atoms with van der Waals surface area (Å²) in [6.07, 6.45) is 3.96. The molecule has 8 nitrogen and oxygen atoms in total. The summed E-state index contributed by atoms with van der Waals surface area (Å²) in [5, 5.41) is 9.17. The minimum atomic E-state index is -0.118. The van der Waals surface area contributed by atoms with E-state index in [-0.39, 0.29) is 18.3 Å². The molecule has 1 fully saturated rings. The number of thioether (sulfide) groups is 1. The number of halogens is 1. The maximum atomic E-state index is 13.6. The fraction of sp³-hybridized carbons (Fsp3) is 0.500. The molecule has 2 aromatic heterocycles. The summed E-state index contributed by atoms with van der Waals surface area (Å²) in [6.45, 7) is 5.41. The summed E-state index contributed by atoms with van der Waals surface area (Å²) in [4.78, 5) is 23.7. The van der Waals surface area contributed by atoms with Crippen molar-refractivity contribution < 1.29 is 9.53 Å². The average Bonchev–Trinajstić information content (AvgIpc) is 3.49. The summed E-state index contributed by atoms with van der Waals surface area (Å²) in [5.41, 5.74) is 0.920. The van der Waals surface area contributed by atoms with E-state index < -0.39 is 0 Å². The van der Waals surface area contributed by atoms with Crippen molar-refractivity contribution in [2.24, 2.45) is 0 Å². The lowest BCUT2D eigenvalue weighted by Gasteiger charge is -2.29. The van der Waals surface area contributed by atoms with Gasteiger partial charge in [-0.15, -0.1) is 34.4 Å². The Labute approximate surface area is 195 Å². The van der Waals surface area contributed by atoms with Crippen LogP contribution >= 0.6 is 35.5 Å². The largest absolute Gasteiger partial charge is 0.379 e. The van der Waals surface area contributed by atoms with Gasteiger partial charge in [-0.05, 0) is 30.9 Å².